The first kappa shape index (κ1) is 16.1. The molecular weight excluding hydrogens is 325 g/mol. The lowest BCUT2D eigenvalue weighted by Crippen LogP contribution is -2.47. The number of benzene rings is 1. The van der Waals surface area contributed by atoms with E-state index in [0.717, 1.165) is 12.0 Å². The predicted molar refractivity (Wildman–Crippen MR) is 86.8 cm³/mol. The van der Waals surface area contributed by atoms with E-state index in [0.29, 0.717) is 32.5 Å². The fourth-order valence-electron chi connectivity index (χ4n) is 4.17. The summed E-state index contributed by atoms with van der Waals surface area (Å²) in [6.45, 7) is 3.19. The van der Waals surface area contributed by atoms with E-state index in [1.807, 2.05) is 0 Å². The molecule has 3 aliphatic heterocycles. The zero-order valence-electron chi connectivity index (χ0n) is 14.1. The molecule has 1 aromatic carbocycles. The summed E-state index contributed by atoms with van der Waals surface area (Å²) < 4.78 is 13.0. The molecule has 0 N–H and O–H groups in total. The summed E-state index contributed by atoms with van der Waals surface area (Å²) in [5.74, 6) is -0.788. The van der Waals surface area contributed by atoms with Crippen molar-refractivity contribution in [2.45, 2.75) is 44.3 Å². The molecule has 3 heterocycles. The summed E-state index contributed by atoms with van der Waals surface area (Å²) in [7, 11) is 0. The Kier molecular flexibility index (Phi) is 3.56. The third-order valence-electron chi connectivity index (χ3n) is 5.63. The number of rotatable bonds is 3. The summed E-state index contributed by atoms with van der Waals surface area (Å²) in [6.07, 6.45) is 1.91. The molecule has 132 valence electrons. The standard InChI is InChI=1S/C18H20FN3O3/c1-18-8-2-9-21(18)17(25)22(16(18)24)14-7-10-20(15(14)23)11-12-3-5-13(19)6-4-12/h3-6,14H,2,7-11H2,1H3/t14-,18-/m0/s1. The molecule has 0 aromatic heterocycles. The highest BCUT2D eigenvalue weighted by Gasteiger charge is 2.59. The average Bonchev–Trinajstić information content (AvgIpc) is 3.19. The Balaban J connectivity index is 1.51. The van der Waals surface area contributed by atoms with Crippen molar-refractivity contribution in [2.75, 3.05) is 13.1 Å². The second kappa shape index (κ2) is 5.54. The van der Waals surface area contributed by atoms with E-state index < -0.39 is 11.6 Å². The van der Waals surface area contributed by atoms with Gasteiger partial charge in [-0.2, -0.15) is 0 Å². The number of imide groups is 1. The maximum absolute atomic E-state index is 13.0. The molecule has 0 aliphatic carbocycles. The molecule has 7 heteroatoms. The maximum Gasteiger partial charge on any atom is 0.328 e. The predicted octanol–water partition coefficient (Wildman–Crippen LogP) is 1.74. The molecule has 6 nitrogen and oxygen atoms in total. The first-order valence-corrected chi connectivity index (χ1v) is 8.60. The second-order valence-corrected chi connectivity index (χ2v) is 7.18. The molecule has 4 rings (SSSR count). The van der Waals surface area contributed by atoms with E-state index in [1.54, 1.807) is 28.9 Å². The molecule has 4 amide bonds. The molecule has 0 radical (unpaired) electrons. The molecule has 3 saturated heterocycles. The summed E-state index contributed by atoms with van der Waals surface area (Å²) in [4.78, 5) is 42.6. The topological polar surface area (TPSA) is 60.9 Å². The lowest BCUT2D eigenvalue weighted by Gasteiger charge is -2.23. The fourth-order valence-corrected chi connectivity index (χ4v) is 4.17. The Morgan fingerprint density at radius 2 is 1.88 bits per heavy atom. The Morgan fingerprint density at radius 3 is 2.56 bits per heavy atom. The number of urea groups is 1. The summed E-state index contributed by atoms with van der Waals surface area (Å²) in [5, 5.41) is 0. The maximum atomic E-state index is 13.0. The van der Waals surface area contributed by atoms with Gasteiger partial charge < -0.3 is 9.80 Å². The zero-order chi connectivity index (χ0) is 17.8. The number of amides is 4. The monoisotopic (exact) mass is 345 g/mol. The van der Waals surface area contributed by atoms with Gasteiger partial charge in [-0.25, -0.2) is 14.1 Å². The van der Waals surface area contributed by atoms with E-state index >= 15 is 0 Å². The number of carbonyl (C=O) groups is 3. The van der Waals surface area contributed by atoms with Crippen molar-refractivity contribution >= 4 is 17.8 Å². The van der Waals surface area contributed by atoms with E-state index in [-0.39, 0.29) is 23.7 Å². The van der Waals surface area contributed by atoms with Crippen LogP contribution in [0.3, 0.4) is 0 Å². The van der Waals surface area contributed by atoms with Gasteiger partial charge in [-0.05, 0) is 43.9 Å². The number of likely N-dealkylation sites (tertiary alicyclic amines) is 1. The minimum atomic E-state index is -0.790. The van der Waals surface area contributed by atoms with Gasteiger partial charge >= 0.3 is 6.03 Å². The van der Waals surface area contributed by atoms with E-state index in [2.05, 4.69) is 0 Å². The number of fused-ring (bicyclic) bond motifs is 1. The molecule has 0 spiro atoms. The minimum Gasteiger partial charge on any atom is -0.336 e. The number of hydrogen-bond donors (Lipinski definition) is 0. The van der Waals surface area contributed by atoms with Crippen LogP contribution in [0.5, 0.6) is 0 Å². The van der Waals surface area contributed by atoms with Crippen LogP contribution in [0.1, 0.15) is 31.7 Å². The largest absolute Gasteiger partial charge is 0.336 e. The van der Waals surface area contributed by atoms with Crippen LogP contribution in [-0.4, -0.2) is 57.2 Å². The molecule has 3 aliphatic rings. The van der Waals surface area contributed by atoms with Gasteiger partial charge in [-0.1, -0.05) is 12.1 Å². The molecule has 0 unspecified atom stereocenters. The van der Waals surface area contributed by atoms with Crippen LogP contribution < -0.4 is 0 Å². The van der Waals surface area contributed by atoms with Crippen molar-refractivity contribution < 1.29 is 18.8 Å². The number of halogens is 1. The molecular formula is C18H20FN3O3. The van der Waals surface area contributed by atoms with Gasteiger partial charge in [0.15, 0.2) is 0 Å². The van der Waals surface area contributed by atoms with E-state index in [4.69, 9.17) is 0 Å². The van der Waals surface area contributed by atoms with Crippen LogP contribution >= 0.6 is 0 Å². The lowest BCUT2D eigenvalue weighted by atomic mass is 9.99. The van der Waals surface area contributed by atoms with Crippen molar-refractivity contribution in [2.24, 2.45) is 0 Å². The molecule has 2 atom stereocenters. The summed E-state index contributed by atoms with van der Waals surface area (Å²) in [5.41, 5.74) is 0.0314. The normalized spacial score (nSPS) is 29.1. The smallest absolute Gasteiger partial charge is 0.328 e. The Hall–Kier alpha value is -2.44. The van der Waals surface area contributed by atoms with Crippen molar-refractivity contribution in [3.8, 4) is 0 Å². The second-order valence-electron chi connectivity index (χ2n) is 7.18. The van der Waals surface area contributed by atoms with Crippen molar-refractivity contribution in [3.05, 3.63) is 35.6 Å². The average molecular weight is 345 g/mol. The number of hydrogen-bond acceptors (Lipinski definition) is 3. The van der Waals surface area contributed by atoms with Crippen LogP contribution in [0.25, 0.3) is 0 Å². The van der Waals surface area contributed by atoms with Crippen LogP contribution in [0, 0.1) is 5.82 Å². The van der Waals surface area contributed by atoms with Crippen LogP contribution in [0.4, 0.5) is 9.18 Å². The number of nitrogens with zero attached hydrogens (tertiary/aromatic N) is 3. The van der Waals surface area contributed by atoms with Crippen LogP contribution in [0.15, 0.2) is 24.3 Å². The van der Waals surface area contributed by atoms with Gasteiger partial charge in [0.05, 0.1) is 0 Å². The lowest BCUT2D eigenvalue weighted by molar-refractivity contribution is -0.140. The summed E-state index contributed by atoms with van der Waals surface area (Å²) in [6, 6.07) is 4.93. The van der Waals surface area contributed by atoms with Crippen LogP contribution in [0.2, 0.25) is 0 Å². The highest BCUT2D eigenvalue weighted by atomic mass is 19.1. The molecule has 0 saturated carbocycles. The summed E-state index contributed by atoms with van der Waals surface area (Å²) >= 11 is 0. The molecule has 1 aromatic rings. The van der Waals surface area contributed by atoms with E-state index in [9.17, 15) is 18.8 Å². The third kappa shape index (κ3) is 2.33. The minimum absolute atomic E-state index is 0.212. The fraction of sp³-hybridized carbons (Fsp3) is 0.500. The Bertz CT molecular complexity index is 750. The first-order valence-electron chi connectivity index (χ1n) is 8.60. The van der Waals surface area contributed by atoms with E-state index in [1.165, 1.54) is 17.0 Å². The van der Waals surface area contributed by atoms with Crippen molar-refractivity contribution in [1.82, 2.24) is 14.7 Å². The Morgan fingerprint density at radius 1 is 1.16 bits per heavy atom. The zero-order valence-corrected chi connectivity index (χ0v) is 14.1. The molecule has 3 fully saturated rings. The van der Waals surface area contributed by atoms with Gasteiger partial charge in [0.25, 0.3) is 5.91 Å². The highest BCUT2D eigenvalue weighted by Crippen LogP contribution is 2.39. The van der Waals surface area contributed by atoms with Gasteiger partial charge in [0.2, 0.25) is 5.91 Å². The highest BCUT2D eigenvalue weighted by molar-refractivity contribution is 6.10. The van der Waals surface area contributed by atoms with Crippen LogP contribution in [-0.2, 0) is 16.1 Å². The van der Waals surface area contributed by atoms with Crippen molar-refractivity contribution in [3.63, 3.8) is 0 Å². The van der Waals surface area contributed by atoms with Crippen molar-refractivity contribution in [1.29, 1.82) is 0 Å². The van der Waals surface area contributed by atoms with Gasteiger partial charge in [-0.15, -0.1) is 0 Å². The first-order chi connectivity index (χ1) is 11.9. The SMILES string of the molecule is C[C@@]12CCCN1C(=O)N([C@H]1CCN(Cc3ccc(F)cc3)C1=O)C2=O. The van der Waals surface area contributed by atoms with Gasteiger partial charge in [0.1, 0.15) is 17.4 Å². The number of carbonyl (C=O) groups excluding carboxylic acids is 3. The molecule has 0 bridgehead atoms. The third-order valence-corrected chi connectivity index (χ3v) is 5.63. The van der Waals surface area contributed by atoms with Gasteiger partial charge in [0, 0.05) is 19.6 Å². The quantitative estimate of drug-likeness (QED) is 0.784. The molecule has 25 heavy (non-hydrogen) atoms. The Labute approximate surface area is 145 Å². The van der Waals surface area contributed by atoms with Gasteiger partial charge in [-0.3, -0.25) is 9.59 Å².